The number of hydrogen-bond acceptors (Lipinski definition) is 5. The monoisotopic (exact) mass is 305 g/mol. The zero-order valence-corrected chi connectivity index (χ0v) is 12.7. The van der Waals surface area contributed by atoms with Crippen molar-refractivity contribution in [2.24, 2.45) is 0 Å². The van der Waals surface area contributed by atoms with Crippen molar-refractivity contribution in [2.45, 2.75) is 26.2 Å². The zero-order valence-electron chi connectivity index (χ0n) is 11.9. The molecular weight excluding hydrogens is 290 g/mol. The van der Waals surface area contributed by atoms with Crippen molar-refractivity contribution in [2.75, 3.05) is 5.32 Å². The molecule has 0 aliphatic carbocycles. The molecule has 0 fully saturated rings. The third-order valence-electron chi connectivity index (χ3n) is 2.79. The Labute approximate surface area is 126 Å². The van der Waals surface area contributed by atoms with Gasteiger partial charge >= 0.3 is 5.97 Å². The summed E-state index contributed by atoms with van der Waals surface area (Å²) < 4.78 is 3.84. The van der Waals surface area contributed by atoms with Gasteiger partial charge in [-0.05, 0) is 35.8 Å². The van der Waals surface area contributed by atoms with Crippen molar-refractivity contribution in [1.29, 1.82) is 0 Å². The summed E-state index contributed by atoms with van der Waals surface area (Å²) in [6, 6.07) is 5.97. The largest absolute Gasteiger partial charge is 0.478 e. The van der Waals surface area contributed by atoms with Gasteiger partial charge in [0.25, 0.3) is 5.91 Å². The normalized spacial score (nSPS) is 11.2. The molecule has 0 bridgehead atoms. The summed E-state index contributed by atoms with van der Waals surface area (Å²) in [6.45, 7) is 5.88. The van der Waals surface area contributed by atoms with Gasteiger partial charge in [-0.1, -0.05) is 25.3 Å². The van der Waals surface area contributed by atoms with Gasteiger partial charge in [-0.15, -0.1) is 5.10 Å². The van der Waals surface area contributed by atoms with Crippen LogP contribution in [0.5, 0.6) is 0 Å². The van der Waals surface area contributed by atoms with Crippen molar-refractivity contribution >= 4 is 29.1 Å². The second-order valence-corrected chi connectivity index (χ2v) is 6.29. The molecule has 0 radical (unpaired) electrons. The van der Waals surface area contributed by atoms with Crippen LogP contribution in [0.2, 0.25) is 0 Å². The second-order valence-electron chi connectivity index (χ2n) is 5.54. The van der Waals surface area contributed by atoms with Crippen molar-refractivity contribution in [3.8, 4) is 0 Å². The molecule has 2 aromatic rings. The first-order chi connectivity index (χ1) is 9.79. The number of rotatable bonds is 3. The van der Waals surface area contributed by atoms with Gasteiger partial charge in [0.1, 0.15) is 4.88 Å². The molecule has 0 atom stereocenters. The van der Waals surface area contributed by atoms with E-state index in [1.807, 2.05) is 20.8 Å². The fraction of sp³-hybridized carbons (Fsp3) is 0.286. The van der Waals surface area contributed by atoms with Crippen LogP contribution in [0.25, 0.3) is 0 Å². The van der Waals surface area contributed by atoms with Crippen molar-refractivity contribution in [3.63, 3.8) is 0 Å². The highest BCUT2D eigenvalue weighted by Gasteiger charge is 2.26. The SMILES string of the molecule is CC(C)(C)c1nnsc1C(=O)Nc1ccc(C(=O)O)cc1. The van der Waals surface area contributed by atoms with Crippen molar-refractivity contribution < 1.29 is 14.7 Å². The van der Waals surface area contributed by atoms with E-state index >= 15 is 0 Å². The fourth-order valence-electron chi connectivity index (χ4n) is 1.71. The Hall–Kier alpha value is -2.28. The van der Waals surface area contributed by atoms with E-state index in [1.165, 1.54) is 12.1 Å². The molecule has 1 heterocycles. The van der Waals surface area contributed by atoms with Crippen molar-refractivity contribution in [3.05, 3.63) is 40.4 Å². The number of nitrogens with zero attached hydrogens (tertiary/aromatic N) is 2. The van der Waals surface area contributed by atoms with Gasteiger partial charge < -0.3 is 10.4 Å². The molecule has 1 amide bonds. The summed E-state index contributed by atoms with van der Waals surface area (Å²) in [6.07, 6.45) is 0. The molecule has 21 heavy (non-hydrogen) atoms. The minimum absolute atomic E-state index is 0.169. The lowest BCUT2D eigenvalue weighted by Gasteiger charge is -2.16. The number of carbonyl (C=O) groups excluding carboxylic acids is 1. The Morgan fingerprint density at radius 2 is 1.81 bits per heavy atom. The predicted octanol–water partition coefficient (Wildman–Crippen LogP) is 2.79. The Balaban J connectivity index is 2.19. The minimum Gasteiger partial charge on any atom is -0.478 e. The molecule has 0 unspecified atom stereocenters. The summed E-state index contributed by atoms with van der Waals surface area (Å²) in [5.41, 5.74) is 1.07. The molecule has 110 valence electrons. The molecule has 2 rings (SSSR count). The Morgan fingerprint density at radius 1 is 1.19 bits per heavy atom. The molecule has 0 spiro atoms. The van der Waals surface area contributed by atoms with Gasteiger partial charge in [-0.25, -0.2) is 4.79 Å². The Bertz CT molecular complexity index is 672. The number of nitrogens with one attached hydrogen (secondary N) is 1. The van der Waals surface area contributed by atoms with E-state index in [0.29, 0.717) is 16.3 Å². The van der Waals surface area contributed by atoms with Crippen LogP contribution in [-0.2, 0) is 5.41 Å². The number of amides is 1. The van der Waals surface area contributed by atoms with E-state index in [0.717, 1.165) is 11.5 Å². The molecular formula is C14H15N3O3S. The van der Waals surface area contributed by atoms with Gasteiger partial charge in [-0.3, -0.25) is 4.79 Å². The molecule has 0 saturated heterocycles. The molecule has 2 N–H and O–H groups in total. The minimum atomic E-state index is -1.01. The smallest absolute Gasteiger partial charge is 0.335 e. The first-order valence-corrected chi connectivity index (χ1v) is 7.04. The van der Waals surface area contributed by atoms with E-state index in [2.05, 4.69) is 14.9 Å². The van der Waals surface area contributed by atoms with Crippen LogP contribution in [0.3, 0.4) is 0 Å². The first-order valence-electron chi connectivity index (χ1n) is 6.26. The highest BCUT2D eigenvalue weighted by atomic mass is 32.1. The zero-order chi connectivity index (χ0) is 15.6. The van der Waals surface area contributed by atoms with Crippen LogP contribution >= 0.6 is 11.5 Å². The van der Waals surface area contributed by atoms with Crippen molar-refractivity contribution in [1.82, 2.24) is 9.59 Å². The number of benzene rings is 1. The average Bonchev–Trinajstić information content (AvgIpc) is 2.88. The maximum atomic E-state index is 12.3. The van der Waals surface area contributed by atoms with Gasteiger partial charge in [0.05, 0.1) is 11.3 Å². The standard InChI is InChI=1S/C14H15N3O3S/c1-14(2,3)11-10(21-17-16-11)12(18)15-9-6-4-8(5-7-9)13(19)20/h4-7H,1-3H3,(H,15,18)(H,19,20). The molecule has 1 aromatic heterocycles. The molecule has 0 aliphatic rings. The summed E-state index contributed by atoms with van der Waals surface area (Å²) in [7, 11) is 0. The van der Waals surface area contributed by atoms with Crippen LogP contribution in [0.4, 0.5) is 5.69 Å². The second kappa shape index (κ2) is 5.61. The predicted molar refractivity (Wildman–Crippen MR) is 80.0 cm³/mol. The molecule has 0 saturated carbocycles. The lowest BCUT2D eigenvalue weighted by molar-refractivity contribution is 0.0696. The quantitative estimate of drug-likeness (QED) is 0.909. The van der Waals surface area contributed by atoms with Crippen LogP contribution in [0.1, 0.15) is 46.5 Å². The highest BCUT2D eigenvalue weighted by Crippen LogP contribution is 2.26. The number of carbonyl (C=O) groups is 2. The lowest BCUT2D eigenvalue weighted by Crippen LogP contribution is -2.19. The number of hydrogen-bond donors (Lipinski definition) is 2. The number of carboxylic acids is 1. The topological polar surface area (TPSA) is 92.2 Å². The molecule has 7 heteroatoms. The maximum absolute atomic E-state index is 12.3. The van der Waals surface area contributed by atoms with Crippen LogP contribution < -0.4 is 5.32 Å². The van der Waals surface area contributed by atoms with E-state index < -0.39 is 5.97 Å². The summed E-state index contributed by atoms with van der Waals surface area (Å²) in [5, 5.41) is 15.6. The lowest BCUT2D eigenvalue weighted by atomic mass is 9.91. The molecule has 0 aliphatic heterocycles. The van der Waals surface area contributed by atoms with E-state index in [-0.39, 0.29) is 16.9 Å². The summed E-state index contributed by atoms with van der Waals surface area (Å²) in [4.78, 5) is 23.5. The average molecular weight is 305 g/mol. The Morgan fingerprint density at radius 3 is 2.33 bits per heavy atom. The third-order valence-corrected chi connectivity index (χ3v) is 3.52. The maximum Gasteiger partial charge on any atom is 0.335 e. The van der Waals surface area contributed by atoms with Gasteiger partial charge in [-0.2, -0.15) is 0 Å². The third kappa shape index (κ3) is 3.43. The van der Waals surface area contributed by atoms with Crippen LogP contribution in [0.15, 0.2) is 24.3 Å². The molecule has 1 aromatic carbocycles. The summed E-state index contributed by atoms with van der Waals surface area (Å²) in [5.74, 6) is -1.30. The molecule has 6 nitrogen and oxygen atoms in total. The summed E-state index contributed by atoms with van der Waals surface area (Å²) >= 11 is 1.04. The van der Waals surface area contributed by atoms with Gasteiger partial charge in [0, 0.05) is 11.1 Å². The number of aromatic carboxylic acids is 1. The number of carboxylic acid groups (broad SMARTS) is 1. The fourth-order valence-corrected chi connectivity index (χ4v) is 2.49. The number of aromatic nitrogens is 2. The van der Waals surface area contributed by atoms with E-state index in [1.54, 1.807) is 12.1 Å². The first kappa shape index (κ1) is 15.1. The Kier molecular flexibility index (Phi) is 4.04. The van der Waals surface area contributed by atoms with E-state index in [4.69, 9.17) is 5.11 Å². The van der Waals surface area contributed by atoms with Gasteiger partial charge in [0.2, 0.25) is 0 Å². The highest BCUT2D eigenvalue weighted by molar-refractivity contribution is 7.08. The van der Waals surface area contributed by atoms with Gasteiger partial charge in [0.15, 0.2) is 0 Å². The van der Waals surface area contributed by atoms with E-state index in [9.17, 15) is 9.59 Å². The van der Waals surface area contributed by atoms with Crippen LogP contribution in [-0.4, -0.2) is 26.6 Å². The van der Waals surface area contributed by atoms with Crippen LogP contribution in [0, 0.1) is 0 Å². The number of anilines is 1.